The number of carbonyl (C=O) groups excluding carboxylic acids is 1. The van der Waals surface area contributed by atoms with E-state index >= 15 is 0 Å². The molecule has 0 aliphatic rings. The molecular formula is C19H16N6O5S2. The summed E-state index contributed by atoms with van der Waals surface area (Å²) in [5, 5.41) is 10.6. The fourth-order valence-corrected chi connectivity index (χ4v) is 5.17. The number of carbonyl (C=O) groups is 1. The lowest BCUT2D eigenvalue weighted by Crippen LogP contribution is -2.35. The van der Waals surface area contributed by atoms with Crippen molar-refractivity contribution in [3.8, 4) is 5.82 Å². The minimum Gasteiger partial charge on any atom is -0.388 e. The summed E-state index contributed by atoms with van der Waals surface area (Å²) in [7, 11) is -2.35. The standard InChI is InChI=1S/C19H16N6O5S2/c1-10-3-8-16(31-10)32(29,30)24-17(26)13-6-7-15(23-22-13)25-18(27)12-5-4-11(20-2)9-14(12)21-19(25)28/h3-9,20H,1-2H3,(H,21,28)(H,24,26). The first-order valence-corrected chi connectivity index (χ1v) is 11.4. The predicted octanol–water partition coefficient (Wildman–Crippen LogP) is 0.999. The van der Waals surface area contributed by atoms with E-state index in [-0.39, 0.29) is 21.1 Å². The Morgan fingerprint density at radius 2 is 1.88 bits per heavy atom. The smallest absolute Gasteiger partial charge is 0.334 e. The summed E-state index contributed by atoms with van der Waals surface area (Å²) in [5.74, 6) is -1.11. The quantitative estimate of drug-likeness (QED) is 0.388. The second-order valence-corrected chi connectivity index (χ2v) is 9.85. The summed E-state index contributed by atoms with van der Waals surface area (Å²) < 4.78 is 27.3. The van der Waals surface area contributed by atoms with E-state index in [9.17, 15) is 22.8 Å². The van der Waals surface area contributed by atoms with Crippen LogP contribution in [0.3, 0.4) is 0 Å². The lowest BCUT2D eigenvalue weighted by Gasteiger charge is -2.07. The number of benzene rings is 1. The van der Waals surface area contributed by atoms with Gasteiger partial charge in [-0.2, -0.15) is 0 Å². The van der Waals surface area contributed by atoms with Gasteiger partial charge in [0, 0.05) is 17.6 Å². The molecular weight excluding hydrogens is 456 g/mol. The Hall–Kier alpha value is -3.84. The molecule has 3 heterocycles. The van der Waals surface area contributed by atoms with Gasteiger partial charge < -0.3 is 10.3 Å². The molecule has 0 aliphatic carbocycles. The number of aromatic nitrogens is 4. The van der Waals surface area contributed by atoms with E-state index in [0.29, 0.717) is 11.2 Å². The minimum absolute atomic E-state index is 0.0105. The zero-order valence-corrected chi connectivity index (χ0v) is 18.4. The number of thiophene rings is 1. The number of nitrogens with zero attached hydrogens (tertiary/aromatic N) is 3. The Morgan fingerprint density at radius 1 is 1.09 bits per heavy atom. The number of H-pyrrole nitrogens is 1. The first kappa shape index (κ1) is 21.4. The summed E-state index contributed by atoms with van der Waals surface area (Å²) in [6.45, 7) is 1.74. The first-order chi connectivity index (χ1) is 15.2. The van der Waals surface area contributed by atoms with Gasteiger partial charge in [0.05, 0.1) is 10.9 Å². The van der Waals surface area contributed by atoms with Crippen LogP contribution in [-0.2, 0) is 10.0 Å². The molecule has 0 bridgehead atoms. The summed E-state index contributed by atoms with van der Waals surface area (Å²) in [6.07, 6.45) is 0. The maximum absolute atomic E-state index is 12.8. The van der Waals surface area contributed by atoms with E-state index < -0.39 is 27.2 Å². The second kappa shape index (κ2) is 8.01. The van der Waals surface area contributed by atoms with Crippen LogP contribution in [-0.4, -0.2) is 41.1 Å². The van der Waals surface area contributed by atoms with Gasteiger partial charge in [-0.3, -0.25) is 9.59 Å². The molecule has 0 saturated carbocycles. The van der Waals surface area contributed by atoms with Gasteiger partial charge in [-0.05, 0) is 49.4 Å². The van der Waals surface area contributed by atoms with E-state index in [1.165, 1.54) is 18.2 Å². The van der Waals surface area contributed by atoms with Crippen LogP contribution in [0.1, 0.15) is 15.4 Å². The van der Waals surface area contributed by atoms with Gasteiger partial charge in [0.1, 0.15) is 4.21 Å². The SMILES string of the molecule is CNc1ccc2c(=O)n(-c3ccc(C(=O)NS(=O)(=O)c4ccc(C)s4)nn3)c(=O)[nH]c2c1. The van der Waals surface area contributed by atoms with Crippen LogP contribution in [0.2, 0.25) is 0 Å². The fourth-order valence-electron chi connectivity index (χ4n) is 2.93. The summed E-state index contributed by atoms with van der Waals surface area (Å²) in [6, 6.07) is 10.3. The minimum atomic E-state index is -4.06. The number of rotatable bonds is 5. The zero-order valence-electron chi connectivity index (χ0n) is 16.7. The third-order valence-electron chi connectivity index (χ3n) is 4.51. The molecule has 13 heteroatoms. The Kier molecular flexibility index (Phi) is 5.36. The molecule has 3 aromatic heterocycles. The predicted molar refractivity (Wildman–Crippen MR) is 119 cm³/mol. The van der Waals surface area contributed by atoms with Crippen LogP contribution in [0.25, 0.3) is 16.7 Å². The molecule has 4 aromatic rings. The number of sulfonamides is 1. The molecule has 0 fully saturated rings. The summed E-state index contributed by atoms with van der Waals surface area (Å²) in [5.41, 5.74) is -0.588. The third-order valence-corrected chi connectivity index (χ3v) is 7.33. The highest BCUT2D eigenvalue weighted by Gasteiger charge is 2.22. The number of fused-ring (bicyclic) bond motifs is 1. The third kappa shape index (κ3) is 3.90. The number of nitrogens with one attached hydrogen (secondary N) is 3. The van der Waals surface area contributed by atoms with Gasteiger partial charge >= 0.3 is 5.69 Å². The van der Waals surface area contributed by atoms with Crippen molar-refractivity contribution < 1.29 is 13.2 Å². The van der Waals surface area contributed by atoms with Gasteiger partial charge in [0.15, 0.2) is 11.5 Å². The number of aryl methyl sites for hydroxylation is 1. The molecule has 0 aliphatic heterocycles. The van der Waals surface area contributed by atoms with Crippen molar-refractivity contribution in [1.29, 1.82) is 0 Å². The van der Waals surface area contributed by atoms with Crippen molar-refractivity contribution in [3.05, 3.63) is 73.9 Å². The van der Waals surface area contributed by atoms with Crippen molar-refractivity contribution in [1.82, 2.24) is 24.5 Å². The average molecular weight is 473 g/mol. The highest BCUT2D eigenvalue weighted by molar-refractivity contribution is 7.92. The Bertz CT molecular complexity index is 1570. The van der Waals surface area contributed by atoms with Crippen LogP contribution in [0.5, 0.6) is 0 Å². The topological polar surface area (TPSA) is 156 Å². The van der Waals surface area contributed by atoms with E-state index in [1.54, 1.807) is 38.2 Å². The number of hydrogen-bond acceptors (Lipinski definition) is 9. The van der Waals surface area contributed by atoms with Gasteiger partial charge in [0.25, 0.3) is 21.5 Å². The average Bonchev–Trinajstić information content (AvgIpc) is 3.21. The van der Waals surface area contributed by atoms with Gasteiger partial charge in [-0.1, -0.05) is 0 Å². The summed E-state index contributed by atoms with van der Waals surface area (Å²) in [4.78, 5) is 41.0. The molecule has 11 nitrogen and oxygen atoms in total. The maximum atomic E-state index is 12.8. The molecule has 1 amide bonds. The van der Waals surface area contributed by atoms with Gasteiger partial charge in [-0.25, -0.2) is 22.5 Å². The van der Waals surface area contributed by atoms with Crippen LogP contribution in [0, 0.1) is 6.92 Å². The number of amides is 1. The second-order valence-electron chi connectivity index (χ2n) is 6.66. The lowest BCUT2D eigenvalue weighted by atomic mass is 10.2. The van der Waals surface area contributed by atoms with Crippen LogP contribution >= 0.6 is 11.3 Å². The zero-order chi connectivity index (χ0) is 23.0. The molecule has 0 saturated heterocycles. The molecule has 1 aromatic carbocycles. The molecule has 0 radical (unpaired) electrons. The van der Waals surface area contributed by atoms with Crippen molar-refractivity contribution in [2.24, 2.45) is 0 Å². The molecule has 164 valence electrons. The number of aromatic amines is 1. The number of anilines is 1. The lowest BCUT2D eigenvalue weighted by molar-refractivity contribution is 0.0975. The number of hydrogen-bond donors (Lipinski definition) is 3. The van der Waals surface area contributed by atoms with Crippen molar-refractivity contribution >= 4 is 43.9 Å². The van der Waals surface area contributed by atoms with Crippen LogP contribution in [0.15, 0.2) is 56.3 Å². The first-order valence-electron chi connectivity index (χ1n) is 9.14. The Labute approximate surface area is 184 Å². The van der Waals surface area contributed by atoms with E-state index in [4.69, 9.17) is 0 Å². The molecule has 3 N–H and O–H groups in total. The molecule has 0 atom stereocenters. The molecule has 0 unspecified atom stereocenters. The van der Waals surface area contributed by atoms with Crippen LogP contribution in [0.4, 0.5) is 5.69 Å². The van der Waals surface area contributed by atoms with Crippen molar-refractivity contribution in [2.45, 2.75) is 11.1 Å². The Balaban J connectivity index is 1.65. The van der Waals surface area contributed by atoms with Crippen LogP contribution < -0.4 is 21.3 Å². The van der Waals surface area contributed by atoms with Crippen molar-refractivity contribution in [2.75, 3.05) is 12.4 Å². The van der Waals surface area contributed by atoms with E-state index in [1.807, 2.05) is 4.72 Å². The monoisotopic (exact) mass is 472 g/mol. The van der Waals surface area contributed by atoms with Gasteiger partial charge in [0.2, 0.25) is 0 Å². The highest BCUT2D eigenvalue weighted by atomic mass is 32.2. The van der Waals surface area contributed by atoms with E-state index in [0.717, 1.165) is 20.8 Å². The molecule has 0 spiro atoms. The van der Waals surface area contributed by atoms with E-state index in [2.05, 4.69) is 20.5 Å². The maximum Gasteiger partial charge on any atom is 0.334 e. The normalized spacial score (nSPS) is 11.4. The molecule has 32 heavy (non-hydrogen) atoms. The van der Waals surface area contributed by atoms with Gasteiger partial charge in [-0.15, -0.1) is 21.5 Å². The Morgan fingerprint density at radius 3 is 2.50 bits per heavy atom. The fraction of sp³-hybridized carbons (Fsp3) is 0.105. The summed E-state index contributed by atoms with van der Waals surface area (Å²) >= 11 is 1.02. The molecule has 4 rings (SSSR count). The largest absolute Gasteiger partial charge is 0.388 e. The highest BCUT2D eigenvalue weighted by Crippen LogP contribution is 2.20. The van der Waals surface area contributed by atoms with Crippen molar-refractivity contribution in [3.63, 3.8) is 0 Å².